The number of nitrogens with zero attached hydrogens (tertiary/aromatic N) is 1. The molecule has 0 aliphatic heterocycles. The van der Waals surface area contributed by atoms with Crippen molar-refractivity contribution in [1.82, 2.24) is 9.88 Å². The molecule has 0 aliphatic rings. The van der Waals surface area contributed by atoms with Crippen molar-refractivity contribution in [2.75, 3.05) is 5.32 Å². The molecule has 0 unspecified atom stereocenters. The number of anilines is 1. The Hall–Kier alpha value is -3.67. The van der Waals surface area contributed by atoms with Crippen LogP contribution in [0.15, 0.2) is 77.7 Å². The van der Waals surface area contributed by atoms with Gasteiger partial charge in [0, 0.05) is 30.1 Å². The molecule has 0 atom stereocenters. The monoisotopic (exact) mass is 375 g/mol. The summed E-state index contributed by atoms with van der Waals surface area (Å²) >= 11 is 0. The Balaban J connectivity index is 1.55. The molecule has 0 saturated heterocycles. The number of amides is 2. The second-order valence-corrected chi connectivity index (χ2v) is 6.46. The molecule has 28 heavy (non-hydrogen) atoms. The number of pyridine rings is 1. The average molecular weight is 375 g/mol. The molecule has 0 fully saturated rings. The Labute approximate surface area is 162 Å². The Morgan fingerprint density at radius 2 is 1.68 bits per heavy atom. The minimum Gasteiger partial charge on any atom is -0.348 e. The maximum atomic E-state index is 12.2. The molecule has 0 aliphatic carbocycles. The number of carbonyl (C=O) groups is 2. The fourth-order valence-corrected chi connectivity index (χ4v) is 2.68. The van der Waals surface area contributed by atoms with Gasteiger partial charge in [-0.2, -0.15) is 0 Å². The zero-order valence-electron chi connectivity index (χ0n) is 15.5. The van der Waals surface area contributed by atoms with Crippen molar-refractivity contribution in [3.05, 3.63) is 100.0 Å². The van der Waals surface area contributed by atoms with E-state index in [9.17, 15) is 14.4 Å². The van der Waals surface area contributed by atoms with Crippen molar-refractivity contribution in [2.45, 2.75) is 20.0 Å². The highest BCUT2D eigenvalue weighted by molar-refractivity contribution is 5.95. The molecule has 0 saturated carbocycles. The van der Waals surface area contributed by atoms with Crippen molar-refractivity contribution >= 4 is 17.5 Å². The molecule has 2 N–H and O–H groups in total. The topological polar surface area (TPSA) is 80.2 Å². The lowest BCUT2D eigenvalue weighted by Gasteiger charge is -2.09. The lowest BCUT2D eigenvalue weighted by atomic mass is 10.1. The zero-order chi connectivity index (χ0) is 19.9. The van der Waals surface area contributed by atoms with Gasteiger partial charge in [-0.15, -0.1) is 0 Å². The Kier molecular flexibility index (Phi) is 6.01. The van der Waals surface area contributed by atoms with Gasteiger partial charge in [0.2, 0.25) is 5.91 Å². The SMILES string of the molecule is Cc1ccn(CC(=O)Nc2ccc(C(=O)NCc3ccccc3)cc2)c(=O)c1. The third kappa shape index (κ3) is 5.17. The Morgan fingerprint density at radius 3 is 2.36 bits per heavy atom. The number of carbonyl (C=O) groups excluding carboxylic acids is 2. The summed E-state index contributed by atoms with van der Waals surface area (Å²) in [6.45, 7) is 2.20. The average Bonchev–Trinajstić information content (AvgIpc) is 2.69. The minimum atomic E-state index is -0.313. The lowest BCUT2D eigenvalue weighted by molar-refractivity contribution is -0.116. The van der Waals surface area contributed by atoms with Crippen LogP contribution in [0.3, 0.4) is 0 Å². The van der Waals surface area contributed by atoms with Crippen LogP contribution in [-0.2, 0) is 17.9 Å². The highest BCUT2D eigenvalue weighted by Crippen LogP contribution is 2.10. The number of rotatable bonds is 6. The van der Waals surface area contributed by atoms with Crippen LogP contribution in [0.5, 0.6) is 0 Å². The van der Waals surface area contributed by atoms with Crippen LogP contribution >= 0.6 is 0 Å². The molecular formula is C22H21N3O3. The van der Waals surface area contributed by atoms with E-state index < -0.39 is 0 Å². The van der Waals surface area contributed by atoms with Gasteiger partial charge in [0.1, 0.15) is 6.54 Å². The molecule has 0 radical (unpaired) electrons. The quantitative estimate of drug-likeness (QED) is 0.695. The maximum Gasteiger partial charge on any atom is 0.251 e. The van der Waals surface area contributed by atoms with Gasteiger partial charge < -0.3 is 15.2 Å². The van der Waals surface area contributed by atoms with Gasteiger partial charge in [0.25, 0.3) is 11.5 Å². The van der Waals surface area contributed by atoms with Crippen LogP contribution in [0.4, 0.5) is 5.69 Å². The number of benzene rings is 2. The van der Waals surface area contributed by atoms with Gasteiger partial charge in [0.15, 0.2) is 0 Å². The number of hydrogen-bond donors (Lipinski definition) is 2. The van der Waals surface area contributed by atoms with E-state index >= 15 is 0 Å². The van der Waals surface area contributed by atoms with Crippen molar-refractivity contribution in [1.29, 1.82) is 0 Å². The summed E-state index contributed by atoms with van der Waals surface area (Å²) in [6.07, 6.45) is 1.59. The Morgan fingerprint density at radius 1 is 0.964 bits per heavy atom. The smallest absolute Gasteiger partial charge is 0.251 e. The maximum absolute atomic E-state index is 12.2. The molecule has 3 rings (SSSR count). The predicted molar refractivity (Wildman–Crippen MR) is 108 cm³/mol. The highest BCUT2D eigenvalue weighted by Gasteiger charge is 2.08. The fourth-order valence-electron chi connectivity index (χ4n) is 2.68. The number of nitrogens with one attached hydrogen (secondary N) is 2. The molecular weight excluding hydrogens is 354 g/mol. The van der Waals surface area contributed by atoms with Gasteiger partial charge in [0.05, 0.1) is 0 Å². The molecule has 1 aromatic heterocycles. The summed E-state index contributed by atoms with van der Waals surface area (Å²) in [7, 11) is 0. The van der Waals surface area contributed by atoms with E-state index in [1.807, 2.05) is 37.3 Å². The molecule has 142 valence electrons. The standard InChI is InChI=1S/C22H21N3O3/c1-16-11-12-25(21(27)13-16)15-20(26)24-19-9-7-18(8-10-19)22(28)23-14-17-5-3-2-4-6-17/h2-13H,14-15H2,1H3,(H,23,28)(H,24,26). The third-order valence-electron chi connectivity index (χ3n) is 4.19. The van der Waals surface area contributed by atoms with Crippen LogP contribution in [0, 0.1) is 6.92 Å². The number of aryl methyl sites for hydroxylation is 1. The van der Waals surface area contributed by atoms with E-state index in [1.54, 1.807) is 36.5 Å². The van der Waals surface area contributed by atoms with Gasteiger partial charge in [-0.1, -0.05) is 30.3 Å². The first kappa shape index (κ1) is 19.1. The van der Waals surface area contributed by atoms with Gasteiger partial charge in [-0.3, -0.25) is 14.4 Å². The number of hydrogen-bond acceptors (Lipinski definition) is 3. The summed E-state index contributed by atoms with van der Waals surface area (Å²) in [5.41, 5.74) is 2.71. The van der Waals surface area contributed by atoms with Gasteiger partial charge >= 0.3 is 0 Å². The van der Waals surface area contributed by atoms with Crippen LogP contribution < -0.4 is 16.2 Å². The predicted octanol–water partition coefficient (Wildman–Crippen LogP) is 2.73. The molecule has 3 aromatic rings. The molecule has 2 amide bonds. The second kappa shape index (κ2) is 8.81. The van der Waals surface area contributed by atoms with Crippen LogP contribution in [0.2, 0.25) is 0 Å². The third-order valence-corrected chi connectivity index (χ3v) is 4.19. The first-order valence-corrected chi connectivity index (χ1v) is 8.90. The summed E-state index contributed by atoms with van der Waals surface area (Å²) in [5, 5.41) is 5.58. The minimum absolute atomic E-state index is 0.0710. The van der Waals surface area contributed by atoms with Gasteiger partial charge in [-0.05, 0) is 48.4 Å². The van der Waals surface area contributed by atoms with Crippen molar-refractivity contribution < 1.29 is 9.59 Å². The largest absolute Gasteiger partial charge is 0.348 e. The molecule has 0 bridgehead atoms. The lowest BCUT2D eigenvalue weighted by Crippen LogP contribution is -2.27. The van der Waals surface area contributed by atoms with E-state index in [-0.39, 0.29) is 23.9 Å². The van der Waals surface area contributed by atoms with E-state index in [0.717, 1.165) is 11.1 Å². The molecule has 2 aromatic carbocycles. The van der Waals surface area contributed by atoms with E-state index in [4.69, 9.17) is 0 Å². The zero-order valence-corrected chi connectivity index (χ0v) is 15.5. The van der Waals surface area contributed by atoms with Gasteiger partial charge in [-0.25, -0.2) is 0 Å². The highest BCUT2D eigenvalue weighted by atomic mass is 16.2. The van der Waals surface area contributed by atoms with Crippen LogP contribution in [0.25, 0.3) is 0 Å². The summed E-state index contributed by atoms with van der Waals surface area (Å²) < 4.78 is 1.34. The first-order chi connectivity index (χ1) is 13.5. The second-order valence-electron chi connectivity index (χ2n) is 6.46. The van der Waals surface area contributed by atoms with Crippen molar-refractivity contribution in [2.24, 2.45) is 0 Å². The van der Waals surface area contributed by atoms with E-state index in [1.165, 1.54) is 10.6 Å². The van der Waals surface area contributed by atoms with E-state index in [2.05, 4.69) is 10.6 Å². The van der Waals surface area contributed by atoms with E-state index in [0.29, 0.717) is 17.8 Å². The van der Waals surface area contributed by atoms with Crippen molar-refractivity contribution in [3.8, 4) is 0 Å². The summed E-state index contributed by atoms with van der Waals surface area (Å²) in [4.78, 5) is 36.2. The first-order valence-electron chi connectivity index (χ1n) is 8.90. The Bertz CT molecular complexity index is 1020. The molecule has 0 spiro atoms. The molecule has 6 nitrogen and oxygen atoms in total. The fraction of sp³-hybridized carbons (Fsp3) is 0.136. The normalized spacial score (nSPS) is 10.3. The molecule has 6 heteroatoms. The summed E-state index contributed by atoms with van der Waals surface area (Å²) in [5.74, 6) is -0.500. The van der Waals surface area contributed by atoms with Crippen molar-refractivity contribution in [3.63, 3.8) is 0 Å². The molecule has 1 heterocycles. The number of aromatic nitrogens is 1. The van der Waals surface area contributed by atoms with Crippen LogP contribution in [0.1, 0.15) is 21.5 Å². The summed E-state index contributed by atoms with van der Waals surface area (Å²) in [6, 6.07) is 19.5. The van der Waals surface area contributed by atoms with Crippen LogP contribution in [-0.4, -0.2) is 16.4 Å².